The van der Waals surface area contributed by atoms with Gasteiger partial charge in [-0.25, -0.2) is 4.98 Å². The SMILES string of the molecule is CCCCCN1C(=O)C(C)(C)c2cc3[nH]c(CCc4cccc(N)c4)nc3cc21. The number of aromatic amines is 1. The standard InChI is InChI=1S/C24H30N4O/c1-4-5-6-12-28-21-15-20-19(14-18(21)24(2,3)23(28)29)26-22(27-20)11-10-16-8-7-9-17(25)13-16/h7-9,13-15H,4-6,10-12,25H2,1-3H3,(H,26,27). The van der Waals surface area contributed by atoms with E-state index in [1.54, 1.807) is 0 Å². The number of nitrogens with two attached hydrogens (primary N) is 1. The van der Waals surface area contributed by atoms with Gasteiger partial charge < -0.3 is 15.6 Å². The van der Waals surface area contributed by atoms with Crippen LogP contribution in [0, 0.1) is 0 Å². The summed E-state index contributed by atoms with van der Waals surface area (Å²) in [5, 5.41) is 0. The van der Waals surface area contributed by atoms with Gasteiger partial charge in [0.25, 0.3) is 0 Å². The summed E-state index contributed by atoms with van der Waals surface area (Å²) >= 11 is 0. The van der Waals surface area contributed by atoms with E-state index in [-0.39, 0.29) is 5.91 Å². The quantitative estimate of drug-likeness (QED) is 0.452. The van der Waals surface area contributed by atoms with Gasteiger partial charge in [0.05, 0.1) is 22.1 Å². The lowest BCUT2D eigenvalue weighted by Crippen LogP contribution is -2.36. The van der Waals surface area contributed by atoms with Crippen LogP contribution in [-0.4, -0.2) is 22.4 Å². The van der Waals surface area contributed by atoms with Crippen molar-refractivity contribution in [1.29, 1.82) is 0 Å². The van der Waals surface area contributed by atoms with Crippen molar-refractivity contribution in [2.24, 2.45) is 0 Å². The van der Waals surface area contributed by atoms with Gasteiger partial charge in [-0.15, -0.1) is 0 Å². The van der Waals surface area contributed by atoms with Gasteiger partial charge in [-0.1, -0.05) is 31.9 Å². The molecule has 3 N–H and O–H groups in total. The Kier molecular flexibility index (Phi) is 5.07. The Balaban J connectivity index is 1.61. The van der Waals surface area contributed by atoms with Gasteiger partial charge in [0.15, 0.2) is 0 Å². The number of unbranched alkanes of at least 4 members (excludes halogenated alkanes) is 2. The predicted octanol–water partition coefficient (Wildman–Crippen LogP) is 4.74. The molecular formula is C24H30N4O. The van der Waals surface area contributed by atoms with E-state index in [0.29, 0.717) is 0 Å². The molecule has 1 amide bonds. The molecule has 2 heterocycles. The minimum Gasteiger partial charge on any atom is -0.399 e. The van der Waals surface area contributed by atoms with E-state index in [9.17, 15) is 4.79 Å². The maximum atomic E-state index is 13.0. The number of nitrogens with one attached hydrogen (secondary N) is 1. The van der Waals surface area contributed by atoms with Crippen molar-refractivity contribution >= 4 is 28.3 Å². The summed E-state index contributed by atoms with van der Waals surface area (Å²) in [6, 6.07) is 12.2. The summed E-state index contributed by atoms with van der Waals surface area (Å²) in [6.07, 6.45) is 5.02. The number of anilines is 2. The number of nitrogens with zero attached hydrogens (tertiary/aromatic N) is 2. The molecule has 1 aliphatic rings. The maximum Gasteiger partial charge on any atom is 0.237 e. The van der Waals surface area contributed by atoms with E-state index in [1.807, 2.05) is 36.9 Å². The molecule has 5 nitrogen and oxygen atoms in total. The molecule has 0 aliphatic carbocycles. The lowest BCUT2D eigenvalue weighted by molar-refractivity contribution is -0.122. The molecule has 0 saturated heterocycles. The van der Waals surface area contributed by atoms with Gasteiger partial charge in [0.1, 0.15) is 5.82 Å². The fourth-order valence-electron chi connectivity index (χ4n) is 4.26. The van der Waals surface area contributed by atoms with Gasteiger partial charge in [0, 0.05) is 18.7 Å². The number of H-pyrrole nitrogens is 1. The van der Waals surface area contributed by atoms with Crippen LogP contribution in [0.25, 0.3) is 11.0 Å². The topological polar surface area (TPSA) is 75.0 Å². The van der Waals surface area contributed by atoms with Crippen LogP contribution in [0.5, 0.6) is 0 Å². The zero-order chi connectivity index (χ0) is 20.6. The van der Waals surface area contributed by atoms with Crippen LogP contribution in [0.2, 0.25) is 0 Å². The molecule has 5 heteroatoms. The maximum absolute atomic E-state index is 13.0. The van der Waals surface area contributed by atoms with E-state index in [4.69, 9.17) is 10.7 Å². The van der Waals surface area contributed by atoms with E-state index in [2.05, 4.69) is 30.1 Å². The van der Waals surface area contributed by atoms with Crippen molar-refractivity contribution in [1.82, 2.24) is 9.97 Å². The first-order chi connectivity index (χ1) is 13.9. The highest BCUT2D eigenvalue weighted by Crippen LogP contribution is 2.43. The molecular weight excluding hydrogens is 360 g/mol. The Morgan fingerprint density at radius 1 is 1.14 bits per heavy atom. The molecule has 0 fully saturated rings. The number of carbonyl (C=O) groups excluding carboxylic acids is 1. The van der Waals surface area contributed by atoms with Gasteiger partial charge in [-0.2, -0.15) is 0 Å². The van der Waals surface area contributed by atoms with Crippen molar-refractivity contribution in [3.8, 4) is 0 Å². The fraction of sp³-hybridized carbons (Fsp3) is 0.417. The van der Waals surface area contributed by atoms with E-state index >= 15 is 0 Å². The molecule has 0 radical (unpaired) electrons. The molecule has 29 heavy (non-hydrogen) atoms. The van der Waals surface area contributed by atoms with Crippen LogP contribution < -0.4 is 10.6 Å². The van der Waals surface area contributed by atoms with Crippen LogP contribution in [0.1, 0.15) is 57.0 Å². The zero-order valence-corrected chi connectivity index (χ0v) is 17.6. The Morgan fingerprint density at radius 3 is 2.72 bits per heavy atom. The van der Waals surface area contributed by atoms with Crippen LogP contribution in [0.4, 0.5) is 11.4 Å². The lowest BCUT2D eigenvalue weighted by atomic mass is 9.86. The summed E-state index contributed by atoms with van der Waals surface area (Å²) in [5.74, 6) is 1.16. The van der Waals surface area contributed by atoms with Crippen molar-refractivity contribution in [3.05, 3.63) is 53.3 Å². The monoisotopic (exact) mass is 390 g/mol. The molecule has 0 atom stereocenters. The molecule has 1 aliphatic heterocycles. The molecule has 4 rings (SSSR count). The number of hydrogen-bond donors (Lipinski definition) is 2. The number of amides is 1. The van der Waals surface area contributed by atoms with Gasteiger partial charge in [-0.05, 0) is 62.1 Å². The summed E-state index contributed by atoms with van der Waals surface area (Å²) in [5.41, 5.74) is 11.4. The number of aryl methyl sites for hydroxylation is 2. The van der Waals surface area contributed by atoms with Crippen LogP contribution in [-0.2, 0) is 23.1 Å². The van der Waals surface area contributed by atoms with Crippen molar-refractivity contribution in [3.63, 3.8) is 0 Å². The number of carbonyl (C=O) groups is 1. The number of nitrogen functional groups attached to an aromatic ring is 1. The van der Waals surface area contributed by atoms with Crippen LogP contribution >= 0.6 is 0 Å². The third kappa shape index (κ3) is 3.61. The average Bonchev–Trinajstić information content (AvgIpc) is 3.17. The number of hydrogen-bond acceptors (Lipinski definition) is 3. The van der Waals surface area contributed by atoms with Gasteiger partial charge >= 0.3 is 0 Å². The molecule has 0 bridgehead atoms. The number of benzene rings is 2. The highest BCUT2D eigenvalue weighted by Gasteiger charge is 2.43. The Bertz CT molecular complexity index is 1050. The number of aromatic nitrogens is 2. The Labute approximate surface area is 172 Å². The largest absolute Gasteiger partial charge is 0.399 e. The molecule has 152 valence electrons. The normalized spacial score (nSPS) is 15.3. The summed E-state index contributed by atoms with van der Waals surface area (Å²) < 4.78 is 0. The van der Waals surface area contributed by atoms with Crippen molar-refractivity contribution in [2.45, 2.75) is 58.3 Å². The van der Waals surface area contributed by atoms with Crippen LogP contribution in [0.3, 0.4) is 0 Å². The van der Waals surface area contributed by atoms with Crippen molar-refractivity contribution in [2.75, 3.05) is 17.2 Å². The smallest absolute Gasteiger partial charge is 0.237 e. The van der Waals surface area contributed by atoms with E-state index < -0.39 is 5.41 Å². The zero-order valence-electron chi connectivity index (χ0n) is 17.6. The summed E-state index contributed by atoms with van der Waals surface area (Å²) in [4.78, 5) is 23.2. The third-order valence-corrected chi connectivity index (χ3v) is 5.98. The second-order valence-electron chi connectivity index (χ2n) is 8.60. The molecule has 0 unspecified atom stereocenters. The lowest BCUT2D eigenvalue weighted by Gasteiger charge is -2.20. The molecule has 2 aromatic carbocycles. The molecule has 1 aromatic heterocycles. The second kappa shape index (κ2) is 7.54. The molecule has 0 saturated carbocycles. The fourth-order valence-corrected chi connectivity index (χ4v) is 4.26. The minimum atomic E-state index is -0.497. The first-order valence-electron chi connectivity index (χ1n) is 10.6. The Hall–Kier alpha value is -2.82. The molecule has 3 aromatic rings. The first-order valence-corrected chi connectivity index (χ1v) is 10.6. The average molecular weight is 391 g/mol. The van der Waals surface area contributed by atoms with E-state index in [0.717, 1.165) is 72.4 Å². The third-order valence-electron chi connectivity index (χ3n) is 5.98. The second-order valence-corrected chi connectivity index (χ2v) is 8.60. The Morgan fingerprint density at radius 2 is 1.97 bits per heavy atom. The predicted molar refractivity (Wildman–Crippen MR) is 119 cm³/mol. The first kappa shape index (κ1) is 19.5. The summed E-state index contributed by atoms with van der Waals surface area (Å²) in [6.45, 7) is 7.01. The van der Waals surface area contributed by atoms with Gasteiger partial charge in [0.2, 0.25) is 5.91 Å². The van der Waals surface area contributed by atoms with Gasteiger partial charge in [-0.3, -0.25) is 4.79 Å². The number of fused-ring (bicyclic) bond motifs is 2. The van der Waals surface area contributed by atoms with Crippen LogP contribution in [0.15, 0.2) is 36.4 Å². The number of rotatable bonds is 7. The minimum absolute atomic E-state index is 0.193. The van der Waals surface area contributed by atoms with Crippen molar-refractivity contribution < 1.29 is 4.79 Å². The number of imidazole rings is 1. The highest BCUT2D eigenvalue weighted by atomic mass is 16.2. The summed E-state index contributed by atoms with van der Waals surface area (Å²) in [7, 11) is 0. The molecule has 0 spiro atoms. The highest BCUT2D eigenvalue weighted by molar-refractivity contribution is 6.09. The van der Waals surface area contributed by atoms with E-state index in [1.165, 1.54) is 5.56 Å².